The van der Waals surface area contributed by atoms with Crippen molar-refractivity contribution in [3.8, 4) is 17.2 Å². The molecule has 0 saturated carbocycles. The van der Waals surface area contributed by atoms with Gasteiger partial charge >= 0.3 is 5.97 Å². The molecule has 0 amide bonds. The highest BCUT2D eigenvalue weighted by atomic mass is 127. The van der Waals surface area contributed by atoms with Gasteiger partial charge < -0.3 is 18.9 Å². The lowest BCUT2D eigenvalue weighted by molar-refractivity contribution is -0.139. The van der Waals surface area contributed by atoms with Crippen LogP contribution >= 0.6 is 45.5 Å². The van der Waals surface area contributed by atoms with Gasteiger partial charge in [0.2, 0.25) is 0 Å². The van der Waals surface area contributed by atoms with Crippen LogP contribution in [0.15, 0.2) is 81.7 Å². The number of ether oxygens (including phenoxy) is 4. The third kappa shape index (κ3) is 7.34. The third-order valence-electron chi connectivity index (χ3n) is 7.02. The van der Waals surface area contributed by atoms with Gasteiger partial charge in [-0.1, -0.05) is 53.3 Å². The van der Waals surface area contributed by atoms with Crippen molar-refractivity contribution in [3.05, 3.63) is 117 Å². The fourth-order valence-corrected chi connectivity index (χ4v) is 7.07. The summed E-state index contributed by atoms with van der Waals surface area (Å²) < 4.78 is 26.6. The molecule has 0 bridgehead atoms. The summed E-state index contributed by atoms with van der Waals surface area (Å²) in [6.45, 7) is 10.3. The van der Waals surface area contributed by atoms with E-state index in [0.29, 0.717) is 61.7 Å². The first-order valence-corrected chi connectivity index (χ1v) is 17.2. The number of hydrogen-bond acceptors (Lipinski definition) is 8. The fourth-order valence-electron chi connectivity index (χ4n) is 5.12. The summed E-state index contributed by atoms with van der Waals surface area (Å²) in [5.74, 6) is 1.25. The molecule has 2 heterocycles. The smallest absolute Gasteiger partial charge is 0.338 e. The molecule has 8 nitrogen and oxygen atoms in total. The Hall–Kier alpha value is -3.61. The van der Waals surface area contributed by atoms with Gasteiger partial charge in [0.1, 0.15) is 18.4 Å². The lowest BCUT2D eigenvalue weighted by Gasteiger charge is -2.26. The molecule has 0 aliphatic carbocycles. The van der Waals surface area contributed by atoms with E-state index in [2.05, 4.69) is 22.6 Å². The molecule has 0 saturated heterocycles. The number of carbonyl (C=O) groups excluding carboxylic acids is 1. The molecule has 3 aromatic carbocycles. The molecule has 1 aliphatic rings. The van der Waals surface area contributed by atoms with E-state index in [9.17, 15) is 9.59 Å². The van der Waals surface area contributed by atoms with Crippen LogP contribution in [-0.4, -0.2) is 29.9 Å². The molecule has 0 N–H and O–H groups in total. The Morgan fingerprint density at radius 1 is 1.07 bits per heavy atom. The van der Waals surface area contributed by atoms with Crippen LogP contribution in [0.25, 0.3) is 6.08 Å². The third-order valence-corrected chi connectivity index (χ3v) is 9.06. The van der Waals surface area contributed by atoms with Crippen LogP contribution in [0.4, 0.5) is 0 Å². The molecule has 240 valence electrons. The molecule has 1 aliphatic heterocycles. The molecule has 0 fully saturated rings. The van der Waals surface area contributed by atoms with Crippen LogP contribution < -0.4 is 29.1 Å². The molecular formula is C35H34ClIN2O6S. The lowest BCUT2D eigenvalue weighted by atomic mass is 9.95. The summed E-state index contributed by atoms with van der Waals surface area (Å²) in [7, 11) is 0. The summed E-state index contributed by atoms with van der Waals surface area (Å²) in [6.07, 6.45) is 1.70. The fraction of sp³-hybridized carbons (Fsp3) is 0.286. The van der Waals surface area contributed by atoms with Crippen LogP contribution in [0.1, 0.15) is 57.4 Å². The van der Waals surface area contributed by atoms with Crippen LogP contribution in [0.2, 0.25) is 5.02 Å². The number of fused-ring (bicyclic) bond motifs is 1. The molecule has 0 spiro atoms. The Morgan fingerprint density at radius 2 is 1.80 bits per heavy atom. The van der Waals surface area contributed by atoms with E-state index >= 15 is 0 Å². The van der Waals surface area contributed by atoms with Gasteiger partial charge in [0.15, 0.2) is 16.3 Å². The van der Waals surface area contributed by atoms with Crippen molar-refractivity contribution in [3.63, 3.8) is 0 Å². The zero-order valence-corrected chi connectivity index (χ0v) is 29.9. The SMILES string of the molecule is CCOC(=O)C1=C(C)N=c2s/c(=C\c3cc(I)c(OCc4ccc(Cl)cc4)c(OCC)c3)c(=O)n2[C@@H]1c1ccccc1OC(C)C. The van der Waals surface area contributed by atoms with Gasteiger partial charge in [-0.15, -0.1) is 0 Å². The molecule has 1 atom stereocenters. The number of benzene rings is 3. The van der Waals surface area contributed by atoms with E-state index in [-0.39, 0.29) is 18.3 Å². The number of aromatic nitrogens is 1. The van der Waals surface area contributed by atoms with Gasteiger partial charge in [-0.05, 0) is 105 Å². The van der Waals surface area contributed by atoms with Gasteiger partial charge in [0.25, 0.3) is 5.56 Å². The summed E-state index contributed by atoms with van der Waals surface area (Å²) in [6, 6.07) is 18.0. The van der Waals surface area contributed by atoms with Crippen molar-refractivity contribution in [2.75, 3.05) is 13.2 Å². The van der Waals surface area contributed by atoms with E-state index < -0.39 is 12.0 Å². The van der Waals surface area contributed by atoms with Crippen LogP contribution in [0.3, 0.4) is 0 Å². The minimum absolute atomic E-state index is 0.117. The number of allylic oxidation sites excluding steroid dienone is 1. The number of thiazole rings is 1. The molecule has 46 heavy (non-hydrogen) atoms. The largest absolute Gasteiger partial charge is 0.491 e. The number of carbonyl (C=O) groups is 1. The predicted molar refractivity (Wildman–Crippen MR) is 189 cm³/mol. The first-order valence-electron chi connectivity index (χ1n) is 14.9. The quantitative estimate of drug-likeness (QED) is 0.123. The van der Waals surface area contributed by atoms with Gasteiger partial charge in [-0.3, -0.25) is 9.36 Å². The Labute approximate surface area is 290 Å². The van der Waals surface area contributed by atoms with E-state index in [4.69, 9.17) is 35.5 Å². The zero-order chi connectivity index (χ0) is 33.0. The number of para-hydroxylation sites is 1. The number of hydrogen-bond donors (Lipinski definition) is 0. The first kappa shape index (κ1) is 33.7. The number of rotatable bonds is 11. The lowest BCUT2D eigenvalue weighted by Crippen LogP contribution is -2.40. The molecule has 0 radical (unpaired) electrons. The summed E-state index contributed by atoms with van der Waals surface area (Å²) in [5.41, 5.74) is 2.93. The maximum Gasteiger partial charge on any atom is 0.338 e. The summed E-state index contributed by atoms with van der Waals surface area (Å²) in [5, 5.41) is 0.662. The highest BCUT2D eigenvalue weighted by Gasteiger charge is 2.35. The number of halogens is 2. The second-order valence-electron chi connectivity index (χ2n) is 10.7. The molecule has 5 rings (SSSR count). The van der Waals surface area contributed by atoms with Gasteiger partial charge in [0.05, 0.1) is 38.7 Å². The second-order valence-corrected chi connectivity index (χ2v) is 13.3. The predicted octanol–water partition coefficient (Wildman–Crippen LogP) is 6.82. The standard InChI is InChI=1S/C35H34ClIN2O6S/c1-6-42-28-17-23(16-26(37)32(28)44-19-22-12-14-24(36)15-13-22)18-29-33(40)39-31(25-10-8-9-11-27(25)45-20(3)4)30(34(41)43-7-2)21(5)38-35(39)46-29/h8-18,20,31H,6-7,19H2,1-5H3/b29-18-/t31-/m1/s1. The Kier molecular flexibility index (Phi) is 10.9. The average molecular weight is 773 g/mol. The molecule has 0 unspecified atom stereocenters. The van der Waals surface area contributed by atoms with Crippen molar-refractivity contribution in [2.24, 2.45) is 4.99 Å². The van der Waals surface area contributed by atoms with Crippen LogP contribution in [0.5, 0.6) is 17.2 Å². The van der Waals surface area contributed by atoms with Crippen LogP contribution in [0, 0.1) is 3.57 Å². The minimum Gasteiger partial charge on any atom is -0.491 e. The molecular weight excluding hydrogens is 739 g/mol. The van der Waals surface area contributed by atoms with Crippen molar-refractivity contribution < 1.29 is 23.7 Å². The van der Waals surface area contributed by atoms with Crippen molar-refractivity contribution >= 4 is 57.6 Å². The highest BCUT2D eigenvalue weighted by molar-refractivity contribution is 14.1. The summed E-state index contributed by atoms with van der Waals surface area (Å²) >= 11 is 9.51. The first-order chi connectivity index (χ1) is 22.1. The normalized spacial score (nSPS) is 14.6. The van der Waals surface area contributed by atoms with E-state index in [1.54, 1.807) is 18.4 Å². The zero-order valence-electron chi connectivity index (χ0n) is 26.1. The Morgan fingerprint density at radius 3 is 2.50 bits per heavy atom. The maximum absolute atomic E-state index is 14.2. The Balaban J connectivity index is 1.61. The molecule has 1 aromatic heterocycles. The number of nitrogens with zero attached hydrogens (tertiary/aromatic N) is 2. The topological polar surface area (TPSA) is 88.4 Å². The Bertz CT molecular complexity index is 1970. The number of esters is 1. The minimum atomic E-state index is -0.782. The second kappa shape index (κ2) is 14.9. The van der Waals surface area contributed by atoms with Gasteiger partial charge in [-0.2, -0.15) is 0 Å². The van der Waals surface area contributed by atoms with Crippen LogP contribution in [-0.2, 0) is 16.1 Å². The molecule has 11 heteroatoms. The van der Waals surface area contributed by atoms with Gasteiger partial charge in [-0.25, -0.2) is 9.79 Å². The van der Waals surface area contributed by atoms with Crippen molar-refractivity contribution in [1.29, 1.82) is 0 Å². The maximum atomic E-state index is 14.2. The highest BCUT2D eigenvalue weighted by Crippen LogP contribution is 2.37. The van der Waals surface area contributed by atoms with E-state index in [0.717, 1.165) is 14.7 Å². The van der Waals surface area contributed by atoms with Crippen molar-refractivity contribution in [2.45, 2.75) is 53.4 Å². The van der Waals surface area contributed by atoms with Gasteiger partial charge in [0, 0.05) is 10.6 Å². The monoisotopic (exact) mass is 772 g/mol. The molecule has 4 aromatic rings. The van der Waals surface area contributed by atoms with E-state index in [1.807, 2.05) is 87.5 Å². The average Bonchev–Trinajstić information content (AvgIpc) is 3.31. The summed E-state index contributed by atoms with van der Waals surface area (Å²) in [4.78, 5) is 32.7. The van der Waals surface area contributed by atoms with E-state index in [1.165, 1.54) is 11.3 Å². The van der Waals surface area contributed by atoms with Crippen molar-refractivity contribution in [1.82, 2.24) is 4.57 Å².